The number of aliphatic carboxylic acids is 3. The molecule has 0 aliphatic carbocycles. The molecule has 2 amide bonds. The first-order valence-electron chi connectivity index (χ1n) is 15.3. The Balaban J connectivity index is 0.00000420. The molecule has 0 bridgehead atoms. The molecule has 24 heteroatoms. The number of thiazole rings is 1. The van der Waals surface area contributed by atoms with Crippen LogP contribution in [0.2, 0.25) is 0 Å². The van der Waals surface area contributed by atoms with Crippen molar-refractivity contribution < 1.29 is 127 Å². The summed E-state index contributed by atoms with van der Waals surface area (Å²) in [5, 5.41) is 41.9. The molecule has 2 aliphatic heterocycles. The number of carboxylic acid groups (broad SMARTS) is 3. The summed E-state index contributed by atoms with van der Waals surface area (Å²) >= 11 is 3.34. The van der Waals surface area contributed by atoms with E-state index in [1.54, 1.807) is 12.1 Å². The predicted octanol–water partition coefficient (Wildman–Crippen LogP) is -8.97. The van der Waals surface area contributed by atoms with Gasteiger partial charge in [-0.1, -0.05) is 11.2 Å². The summed E-state index contributed by atoms with van der Waals surface area (Å²) in [6.45, 7) is 1.81. The number of ether oxygens (including phenoxy) is 2. The largest absolute Gasteiger partial charge is 1.00 e. The first-order chi connectivity index (χ1) is 25.6. The summed E-state index contributed by atoms with van der Waals surface area (Å²) in [4.78, 5) is 96.3. The Morgan fingerprint density at radius 3 is 2.29 bits per heavy atom. The van der Waals surface area contributed by atoms with Gasteiger partial charge in [-0.05, 0) is 17.7 Å². The van der Waals surface area contributed by atoms with Crippen LogP contribution < -0.4 is 99.5 Å². The van der Waals surface area contributed by atoms with Crippen molar-refractivity contribution in [2.45, 2.75) is 42.8 Å². The van der Waals surface area contributed by atoms with Crippen LogP contribution in [0.5, 0.6) is 11.5 Å². The second-order valence-electron chi connectivity index (χ2n) is 11.2. The van der Waals surface area contributed by atoms with Gasteiger partial charge in [0.05, 0.1) is 17.6 Å². The van der Waals surface area contributed by atoms with Gasteiger partial charge in [-0.2, -0.15) is 4.57 Å². The molecule has 1 saturated heterocycles. The number of esters is 2. The van der Waals surface area contributed by atoms with Gasteiger partial charge in [-0.25, -0.2) is 4.98 Å². The third-order valence-corrected chi connectivity index (χ3v) is 10.4. The summed E-state index contributed by atoms with van der Waals surface area (Å²) in [5.74, 6) is -8.33. The first-order valence-corrected chi connectivity index (χ1v) is 18.2. The second kappa shape index (κ2) is 20.4. The van der Waals surface area contributed by atoms with Gasteiger partial charge in [0.15, 0.2) is 47.4 Å². The molecule has 282 valence electrons. The Bertz CT molecular complexity index is 2120. The zero-order valence-electron chi connectivity index (χ0n) is 29.9. The summed E-state index contributed by atoms with van der Waals surface area (Å²) in [5.41, 5.74) is 4.82. The molecule has 5 rings (SSSR count). The molecule has 3 atom stereocenters. The number of thioether (sulfide) groups is 2. The van der Waals surface area contributed by atoms with Crippen molar-refractivity contribution in [2.75, 3.05) is 17.2 Å². The second-order valence-corrected chi connectivity index (χ2v) is 14.2. The Morgan fingerprint density at radius 1 is 1.05 bits per heavy atom. The molecule has 3 N–H and O–H groups in total. The molecule has 2 aromatic heterocycles. The number of fused-ring (bicyclic) bond motifs is 1. The number of pyridine rings is 1. The topological polar surface area (TPSA) is 287 Å². The summed E-state index contributed by atoms with van der Waals surface area (Å²) in [7, 11) is 0. The van der Waals surface area contributed by atoms with Crippen LogP contribution in [0.25, 0.3) is 0 Å². The number of carbonyl (C=O) groups excluding carboxylic acids is 7. The molecular weight excluding hydrogens is 819 g/mol. The van der Waals surface area contributed by atoms with E-state index in [1.165, 1.54) is 45.9 Å². The molecule has 1 fully saturated rings. The summed E-state index contributed by atoms with van der Waals surface area (Å²) in [6.07, 6.45) is 1.03. The van der Waals surface area contributed by atoms with Crippen LogP contribution in [0.3, 0.4) is 0 Å². The Morgan fingerprint density at radius 2 is 1.71 bits per heavy atom. The van der Waals surface area contributed by atoms with Gasteiger partial charge in [-0.15, -0.1) is 34.9 Å². The normalized spacial score (nSPS) is 16.5. The van der Waals surface area contributed by atoms with Crippen LogP contribution in [0.1, 0.15) is 31.2 Å². The minimum Gasteiger partial charge on any atom is -0.546 e. The van der Waals surface area contributed by atoms with Crippen molar-refractivity contribution >= 4 is 87.4 Å². The van der Waals surface area contributed by atoms with Gasteiger partial charge in [0.2, 0.25) is 0 Å². The quantitative estimate of drug-likeness (QED) is 0.0210. The molecule has 4 heterocycles. The van der Waals surface area contributed by atoms with Gasteiger partial charge >= 0.3 is 71.1 Å². The molecule has 0 radical (unpaired) electrons. The minimum atomic E-state index is -2.02. The molecule has 2 aliphatic rings. The average Bonchev–Trinajstić information content (AvgIpc) is 3.53. The number of β-lactam (4-membered cyclic amide) rings is 1. The maximum absolute atomic E-state index is 13.6. The monoisotopic (exact) mass is 844 g/mol. The van der Waals surface area contributed by atoms with Crippen molar-refractivity contribution in [3.63, 3.8) is 0 Å². The van der Waals surface area contributed by atoms with E-state index in [0.29, 0.717) is 10.5 Å². The van der Waals surface area contributed by atoms with Gasteiger partial charge in [0.1, 0.15) is 23.1 Å². The van der Waals surface area contributed by atoms with Gasteiger partial charge in [0.25, 0.3) is 11.8 Å². The van der Waals surface area contributed by atoms with Gasteiger partial charge in [-0.3, -0.25) is 24.1 Å². The number of nitrogens with zero attached hydrogens (tertiary/aromatic N) is 4. The minimum absolute atomic E-state index is 0. The van der Waals surface area contributed by atoms with E-state index in [0.717, 1.165) is 48.3 Å². The Kier molecular flexibility index (Phi) is 16.9. The molecule has 0 spiro atoms. The zero-order chi connectivity index (χ0) is 39.3. The third-order valence-electron chi connectivity index (χ3n) is 7.33. The number of nitrogens with two attached hydrogens (primary N) is 1. The predicted molar refractivity (Wildman–Crippen MR) is 180 cm³/mol. The van der Waals surface area contributed by atoms with E-state index in [9.17, 15) is 48.9 Å². The Labute approximate surface area is 373 Å². The standard InChI is InChI=1S/C32H28N6O13S3.2Na/c1-14(39)49-20-4-3-16(9-21(20)50-15(2)40)26(31(47)48)51-36-23(19-13-54-32(33)34-19)27(43)35-24-28(44)38-25(30(45)46)17(12-53-29(24)38)11-52-18-5-7-37(8-6-18)10-22(41)42;;/h3-9,13,24,26,29H,10-12H2,1-2H3,(H5-,33,34,35,41,42,43,45,46,47,48);;/q;2*+1/p-2/b36-23-;;/t24?,26?,29-;;/m1../s1. The summed E-state index contributed by atoms with van der Waals surface area (Å²) < 4.78 is 11.4. The fraction of sp³-hybridized carbons (Fsp3) is 0.250. The van der Waals surface area contributed by atoms with Crippen LogP contribution in [0.4, 0.5) is 5.13 Å². The van der Waals surface area contributed by atoms with Crippen molar-refractivity contribution in [1.82, 2.24) is 15.2 Å². The van der Waals surface area contributed by atoms with Crippen LogP contribution in [-0.2, 0) is 44.9 Å². The Hall–Kier alpha value is -4.00. The number of anilines is 1. The molecule has 56 heavy (non-hydrogen) atoms. The molecule has 0 saturated carbocycles. The van der Waals surface area contributed by atoms with Crippen molar-refractivity contribution in [1.29, 1.82) is 0 Å². The van der Waals surface area contributed by atoms with Crippen LogP contribution in [-0.4, -0.2) is 80.2 Å². The number of hydrogen-bond donors (Lipinski definition) is 2. The van der Waals surface area contributed by atoms with Crippen molar-refractivity contribution in [2.24, 2.45) is 5.16 Å². The maximum atomic E-state index is 13.6. The number of hydrogen-bond acceptors (Lipinski definition) is 19. The molecule has 3 aromatic rings. The molecule has 19 nitrogen and oxygen atoms in total. The van der Waals surface area contributed by atoms with Crippen LogP contribution >= 0.6 is 34.9 Å². The van der Waals surface area contributed by atoms with E-state index >= 15 is 0 Å². The first kappa shape index (κ1) is 46.4. The summed E-state index contributed by atoms with van der Waals surface area (Å²) in [6, 6.07) is 5.36. The number of nitrogen functional groups attached to an aromatic ring is 1. The number of carbonyl (C=O) groups is 7. The fourth-order valence-electron chi connectivity index (χ4n) is 5.06. The molecule has 1 aromatic carbocycles. The molecule has 2 unspecified atom stereocenters. The number of nitrogens with one attached hydrogen (secondary N) is 1. The number of rotatable bonds is 15. The van der Waals surface area contributed by atoms with Crippen LogP contribution in [0, 0.1) is 0 Å². The van der Waals surface area contributed by atoms with Crippen molar-refractivity contribution in [3.05, 3.63) is 70.6 Å². The van der Waals surface area contributed by atoms with Crippen molar-refractivity contribution in [3.8, 4) is 11.5 Å². The van der Waals surface area contributed by atoms with E-state index in [-0.39, 0.29) is 111 Å². The zero-order valence-corrected chi connectivity index (χ0v) is 36.3. The number of aromatic nitrogens is 2. The van der Waals surface area contributed by atoms with Crippen LogP contribution in [0.15, 0.2) is 69.4 Å². The van der Waals surface area contributed by atoms with E-state index in [4.69, 9.17) is 20.0 Å². The third kappa shape index (κ3) is 11.3. The maximum Gasteiger partial charge on any atom is 1.00 e. The SMILES string of the molecule is CC(=O)Oc1ccc(C(O/N=C(\C(=O)NC2C(=O)N3C(C(=O)[O-])=C(CSc4cc[n+](CC(=O)[O-])cc4)CS[C@H]23)c2csc(N)n2)C(=O)[O-])cc1OC(C)=O.[Na+].[Na+]. The van der Waals surface area contributed by atoms with Gasteiger partial charge in [0, 0.05) is 53.3 Å². The average molecular weight is 845 g/mol. The molecular formula is C32H26N6Na2O13S3. The fourth-order valence-corrected chi connectivity index (χ4v) is 7.98. The smallest absolute Gasteiger partial charge is 0.546 e. The number of amides is 2. The van der Waals surface area contributed by atoms with E-state index < -0.39 is 64.9 Å². The number of oxime groups is 1. The van der Waals surface area contributed by atoms with E-state index in [2.05, 4.69) is 15.5 Å². The number of benzene rings is 1. The number of carboxylic acids is 3. The van der Waals surface area contributed by atoms with Gasteiger partial charge < -0.3 is 55.1 Å². The van der Waals surface area contributed by atoms with E-state index in [1.807, 2.05) is 0 Å².